The fraction of sp³-hybridized carbons (Fsp3) is 0.176. The van der Waals surface area contributed by atoms with E-state index >= 15 is 0 Å². The number of carbonyl (C=O) groups excluding carboxylic acids is 2. The quantitative estimate of drug-likeness (QED) is 0.792. The maximum atomic E-state index is 13.2. The zero-order valence-electron chi connectivity index (χ0n) is 12.9. The lowest BCUT2D eigenvalue weighted by atomic mass is 10.2. The van der Waals surface area contributed by atoms with E-state index in [-0.39, 0.29) is 12.4 Å². The molecule has 0 fully saturated rings. The van der Waals surface area contributed by atoms with E-state index in [2.05, 4.69) is 16.0 Å². The van der Waals surface area contributed by atoms with Crippen molar-refractivity contribution in [2.45, 2.75) is 13.0 Å². The number of urea groups is 1. The summed E-state index contributed by atoms with van der Waals surface area (Å²) < 4.78 is 18.7. The largest absolute Gasteiger partial charge is 0.489 e. The monoisotopic (exact) mass is 329 g/mol. The van der Waals surface area contributed by atoms with Crippen molar-refractivity contribution in [3.8, 4) is 5.75 Å². The molecule has 1 aliphatic heterocycles. The Kier molecular flexibility index (Phi) is 4.33. The molecule has 6 nitrogen and oxygen atoms in total. The smallest absolute Gasteiger partial charge is 0.320 e. The first-order chi connectivity index (χ1) is 11.5. The lowest BCUT2D eigenvalue weighted by molar-refractivity contribution is -0.118. The number of anilines is 2. The first-order valence-electron chi connectivity index (χ1n) is 7.39. The number of nitrogens with one attached hydrogen (secondary N) is 3. The van der Waals surface area contributed by atoms with E-state index in [1.165, 1.54) is 18.2 Å². The molecule has 0 aliphatic carbocycles. The summed E-state index contributed by atoms with van der Waals surface area (Å²) in [4.78, 5) is 24.2. The molecule has 3 amide bonds. The van der Waals surface area contributed by atoms with Crippen LogP contribution in [0.4, 0.5) is 20.6 Å². The average Bonchev–Trinajstić information content (AvgIpc) is 2.67. The minimum atomic E-state index is -0.898. The van der Waals surface area contributed by atoms with Gasteiger partial charge in [-0.25, -0.2) is 9.18 Å². The zero-order chi connectivity index (χ0) is 17.1. The SMILES string of the molecule is Cc1cccc(NC(=O)N[C@@H]2COc3cc(F)ccc3NC2=O)c1. The number of hydrogen-bond donors (Lipinski definition) is 3. The molecule has 0 bridgehead atoms. The standard InChI is InChI=1S/C17H16FN3O3/c1-10-3-2-4-12(7-10)19-17(23)21-14-9-24-15-8-11(18)5-6-13(15)20-16(14)22/h2-8,14H,9H2,1H3,(H,20,22)(H2,19,21,23)/t14-/m1/s1. The third-order valence-electron chi connectivity index (χ3n) is 3.50. The molecule has 0 unspecified atom stereocenters. The summed E-state index contributed by atoms with van der Waals surface area (Å²) >= 11 is 0. The third kappa shape index (κ3) is 3.62. The Hall–Kier alpha value is -3.09. The second kappa shape index (κ2) is 6.57. The van der Waals surface area contributed by atoms with Crippen molar-refractivity contribution in [2.75, 3.05) is 17.2 Å². The highest BCUT2D eigenvalue weighted by Crippen LogP contribution is 2.27. The highest BCUT2D eigenvalue weighted by atomic mass is 19.1. The van der Waals surface area contributed by atoms with E-state index in [0.717, 1.165) is 5.56 Å². The first kappa shape index (κ1) is 15.8. The number of rotatable bonds is 2. The summed E-state index contributed by atoms with van der Waals surface area (Å²) in [6.07, 6.45) is 0. The molecule has 2 aromatic carbocycles. The Bertz CT molecular complexity index is 794. The molecule has 1 heterocycles. The Morgan fingerprint density at radius 2 is 2.12 bits per heavy atom. The number of hydrogen-bond acceptors (Lipinski definition) is 3. The maximum Gasteiger partial charge on any atom is 0.320 e. The Labute approximate surface area is 138 Å². The second-order valence-electron chi connectivity index (χ2n) is 5.46. The summed E-state index contributed by atoms with van der Waals surface area (Å²) in [7, 11) is 0. The molecule has 0 aromatic heterocycles. The molecule has 24 heavy (non-hydrogen) atoms. The number of aryl methyl sites for hydroxylation is 1. The van der Waals surface area contributed by atoms with Crippen molar-refractivity contribution in [2.24, 2.45) is 0 Å². The summed E-state index contributed by atoms with van der Waals surface area (Å²) in [5, 5.41) is 7.81. The molecule has 1 aliphatic rings. The highest BCUT2D eigenvalue weighted by Gasteiger charge is 2.26. The third-order valence-corrected chi connectivity index (χ3v) is 3.50. The summed E-state index contributed by atoms with van der Waals surface area (Å²) in [6.45, 7) is 1.82. The normalized spacial score (nSPS) is 16.2. The molecule has 3 rings (SSSR count). The van der Waals surface area contributed by atoms with Crippen LogP contribution in [0.3, 0.4) is 0 Å². The van der Waals surface area contributed by atoms with E-state index in [1.54, 1.807) is 6.07 Å². The van der Waals surface area contributed by atoms with Crippen molar-refractivity contribution >= 4 is 23.3 Å². The van der Waals surface area contributed by atoms with Gasteiger partial charge in [-0.3, -0.25) is 4.79 Å². The lowest BCUT2D eigenvalue weighted by Crippen LogP contribution is -2.47. The van der Waals surface area contributed by atoms with Gasteiger partial charge in [-0.1, -0.05) is 12.1 Å². The molecule has 0 spiro atoms. The van der Waals surface area contributed by atoms with Crippen LogP contribution in [0.2, 0.25) is 0 Å². The molecular formula is C17H16FN3O3. The van der Waals surface area contributed by atoms with Crippen LogP contribution < -0.4 is 20.7 Å². The van der Waals surface area contributed by atoms with Crippen molar-refractivity contribution < 1.29 is 18.7 Å². The minimum Gasteiger partial charge on any atom is -0.489 e. The van der Waals surface area contributed by atoms with E-state index in [9.17, 15) is 14.0 Å². The molecule has 0 saturated carbocycles. The Morgan fingerprint density at radius 3 is 2.92 bits per heavy atom. The minimum absolute atomic E-state index is 0.0937. The average molecular weight is 329 g/mol. The van der Waals surface area contributed by atoms with Gasteiger partial charge in [-0.05, 0) is 36.8 Å². The number of halogens is 1. The van der Waals surface area contributed by atoms with E-state index < -0.39 is 23.8 Å². The molecule has 2 aromatic rings. The van der Waals surface area contributed by atoms with Crippen LogP contribution in [0, 0.1) is 12.7 Å². The van der Waals surface area contributed by atoms with Gasteiger partial charge in [0, 0.05) is 11.8 Å². The van der Waals surface area contributed by atoms with Crippen LogP contribution in [-0.2, 0) is 4.79 Å². The highest BCUT2D eigenvalue weighted by molar-refractivity contribution is 6.00. The summed E-state index contributed by atoms with van der Waals surface area (Å²) in [5.74, 6) is -0.668. The fourth-order valence-corrected chi connectivity index (χ4v) is 2.34. The van der Waals surface area contributed by atoms with Crippen LogP contribution in [-0.4, -0.2) is 24.6 Å². The van der Waals surface area contributed by atoms with Gasteiger partial charge >= 0.3 is 6.03 Å². The summed E-state index contributed by atoms with van der Waals surface area (Å²) in [6, 6.07) is 9.68. The Balaban J connectivity index is 1.65. The van der Waals surface area contributed by atoms with Gasteiger partial charge in [0.25, 0.3) is 5.91 Å². The molecule has 0 radical (unpaired) electrons. The van der Waals surface area contributed by atoms with Gasteiger partial charge < -0.3 is 20.7 Å². The number of fused-ring (bicyclic) bond motifs is 1. The van der Waals surface area contributed by atoms with E-state index in [4.69, 9.17) is 4.74 Å². The fourth-order valence-electron chi connectivity index (χ4n) is 2.34. The summed E-state index contributed by atoms with van der Waals surface area (Å²) in [5.41, 5.74) is 1.98. The first-order valence-corrected chi connectivity index (χ1v) is 7.39. The van der Waals surface area contributed by atoms with Gasteiger partial charge in [0.2, 0.25) is 0 Å². The number of benzene rings is 2. The van der Waals surface area contributed by atoms with Crippen molar-refractivity contribution in [1.82, 2.24) is 5.32 Å². The van der Waals surface area contributed by atoms with Gasteiger partial charge in [0.1, 0.15) is 24.2 Å². The number of amides is 3. The predicted molar refractivity (Wildman–Crippen MR) is 87.6 cm³/mol. The van der Waals surface area contributed by atoms with Crippen molar-refractivity contribution in [1.29, 1.82) is 0 Å². The topological polar surface area (TPSA) is 79.5 Å². The van der Waals surface area contributed by atoms with Crippen LogP contribution in [0.25, 0.3) is 0 Å². The van der Waals surface area contributed by atoms with Gasteiger partial charge in [-0.15, -0.1) is 0 Å². The Morgan fingerprint density at radius 1 is 1.29 bits per heavy atom. The molecule has 124 valence electrons. The van der Waals surface area contributed by atoms with E-state index in [0.29, 0.717) is 11.4 Å². The number of carbonyl (C=O) groups is 2. The molecule has 1 atom stereocenters. The van der Waals surface area contributed by atoms with Crippen LogP contribution in [0.15, 0.2) is 42.5 Å². The van der Waals surface area contributed by atoms with Gasteiger partial charge in [0.05, 0.1) is 5.69 Å². The van der Waals surface area contributed by atoms with Gasteiger partial charge in [-0.2, -0.15) is 0 Å². The maximum absolute atomic E-state index is 13.2. The molecule has 3 N–H and O–H groups in total. The zero-order valence-corrected chi connectivity index (χ0v) is 12.9. The van der Waals surface area contributed by atoms with Crippen molar-refractivity contribution in [3.05, 3.63) is 53.8 Å². The van der Waals surface area contributed by atoms with E-state index in [1.807, 2.05) is 25.1 Å². The van der Waals surface area contributed by atoms with Crippen molar-refractivity contribution in [3.63, 3.8) is 0 Å². The van der Waals surface area contributed by atoms with Crippen LogP contribution >= 0.6 is 0 Å². The number of ether oxygens (including phenoxy) is 1. The molecule has 0 saturated heterocycles. The van der Waals surface area contributed by atoms with Crippen LogP contribution in [0.1, 0.15) is 5.56 Å². The second-order valence-corrected chi connectivity index (χ2v) is 5.46. The lowest BCUT2D eigenvalue weighted by Gasteiger charge is -2.15. The van der Waals surface area contributed by atoms with Crippen LogP contribution in [0.5, 0.6) is 5.75 Å². The molecule has 7 heteroatoms. The predicted octanol–water partition coefficient (Wildman–Crippen LogP) is 2.66. The molecular weight excluding hydrogens is 313 g/mol. The van der Waals surface area contributed by atoms with Gasteiger partial charge in [0.15, 0.2) is 0 Å².